The summed E-state index contributed by atoms with van der Waals surface area (Å²) in [5.74, 6) is -1.67. The maximum absolute atomic E-state index is 12.7. The van der Waals surface area contributed by atoms with Crippen molar-refractivity contribution in [3.05, 3.63) is 59.7 Å². The lowest BCUT2D eigenvalue weighted by molar-refractivity contribution is -0.148. The minimum Gasteiger partial charge on any atom is -0.480 e. The Morgan fingerprint density at radius 1 is 1.06 bits per heavy atom. The largest absolute Gasteiger partial charge is 0.480 e. The number of β-amino-alcohol motifs (C(OH)–C–C–N with tert-alkyl or cyclic N) is 1. The molecular formula is C25H28N2O6. The summed E-state index contributed by atoms with van der Waals surface area (Å²) in [4.78, 5) is 37.8. The number of fused-ring (bicyclic) bond motifs is 3. The summed E-state index contributed by atoms with van der Waals surface area (Å²) < 4.78 is 5.55. The van der Waals surface area contributed by atoms with Crippen LogP contribution >= 0.6 is 0 Å². The fourth-order valence-corrected chi connectivity index (χ4v) is 4.76. The van der Waals surface area contributed by atoms with Crippen LogP contribution in [0.25, 0.3) is 11.1 Å². The van der Waals surface area contributed by atoms with Gasteiger partial charge in [-0.2, -0.15) is 0 Å². The number of hydrogen-bond acceptors (Lipinski definition) is 5. The van der Waals surface area contributed by atoms with E-state index in [-0.39, 0.29) is 31.9 Å². The third-order valence-electron chi connectivity index (χ3n) is 6.26. The number of benzene rings is 2. The smallest absolute Gasteiger partial charge is 0.407 e. The van der Waals surface area contributed by atoms with Crippen LogP contribution in [-0.2, 0) is 14.3 Å². The maximum Gasteiger partial charge on any atom is 0.407 e. The quantitative estimate of drug-likeness (QED) is 0.621. The van der Waals surface area contributed by atoms with Gasteiger partial charge in [0.25, 0.3) is 0 Å². The zero-order valence-electron chi connectivity index (χ0n) is 18.7. The molecule has 0 unspecified atom stereocenters. The lowest BCUT2D eigenvalue weighted by Gasteiger charge is -2.29. The van der Waals surface area contributed by atoms with Gasteiger partial charge in [-0.1, -0.05) is 48.5 Å². The third kappa shape index (κ3) is 4.71. The molecule has 8 heteroatoms. The summed E-state index contributed by atoms with van der Waals surface area (Å²) in [6, 6.07) is 15.0. The molecule has 33 heavy (non-hydrogen) atoms. The van der Waals surface area contributed by atoms with E-state index in [2.05, 4.69) is 17.4 Å². The van der Waals surface area contributed by atoms with Crippen LogP contribution in [0.4, 0.5) is 4.79 Å². The average molecular weight is 453 g/mol. The van der Waals surface area contributed by atoms with E-state index >= 15 is 0 Å². The van der Waals surface area contributed by atoms with E-state index in [0.717, 1.165) is 27.2 Å². The van der Waals surface area contributed by atoms with Gasteiger partial charge in [-0.25, -0.2) is 9.59 Å². The fraction of sp³-hybridized carbons (Fsp3) is 0.400. The zero-order valence-corrected chi connectivity index (χ0v) is 18.7. The summed E-state index contributed by atoms with van der Waals surface area (Å²) in [5.41, 5.74) is 3.51. The Hall–Kier alpha value is -3.39. The maximum atomic E-state index is 12.7. The molecule has 1 heterocycles. The minimum atomic E-state index is -1.15. The summed E-state index contributed by atoms with van der Waals surface area (Å²) in [7, 11) is 0. The first-order chi connectivity index (χ1) is 15.7. The molecule has 2 aromatic carbocycles. The van der Waals surface area contributed by atoms with Crippen molar-refractivity contribution in [3.63, 3.8) is 0 Å². The molecular weight excluding hydrogens is 424 g/mol. The third-order valence-corrected chi connectivity index (χ3v) is 6.26. The number of rotatable bonds is 6. The van der Waals surface area contributed by atoms with Crippen molar-refractivity contribution in [2.75, 3.05) is 13.2 Å². The van der Waals surface area contributed by atoms with Crippen molar-refractivity contribution in [1.82, 2.24) is 10.2 Å². The number of likely N-dealkylation sites (tertiary alicyclic amines) is 1. The number of amides is 2. The lowest BCUT2D eigenvalue weighted by atomic mass is 9.98. The zero-order chi connectivity index (χ0) is 23.8. The first kappa shape index (κ1) is 22.8. The Morgan fingerprint density at radius 3 is 2.21 bits per heavy atom. The molecule has 2 amide bonds. The second-order valence-electron chi connectivity index (χ2n) is 9.30. The molecule has 1 saturated heterocycles. The Bertz CT molecular complexity index is 1040. The number of hydrogen-bond donors (Lipinski definition) is 3. The monoisotopic (exact) mass is 452 g/mol. The molecule has 1 aliphatic heterocycles. The number of nitrogens with zero attached hydrogens (tertiary/aromatic N) is 1. The number of carboxylic acids is 1. The van der Waals surface area contributed by atoms with E-state index in [1.165, 1.54) is 0 Å². The molecule has 174 valence electrons. The van der Waals surface area contributed by atoms with Crippen LogP contribution in [0.15, 0.2) is 48.5 Å². The molecule has 0 spiro atoms. The topological polar surface area (TPSA) is 116 Å². The van der Waals surface area contributed by atoms with Crippen molar-refractivity contribution in [2.45, 2.75) is 50.3 Å². The number of carbonyl (C=O) groups excluding carboxylic acids is 2. The van der Waals surface area contributed by atoms with Gasteiger partial charge in [0, 0.05) is 30.8 Å². The molecule has 1 fully saturated rings. The Kier molecular flexibility index (Phi) is 6.12. The summed E-state index contributed by atoms with van der Waals surface area (Å²) in [6.07, 6.45) is -1.63. The number of ether oxygens (including phenoxy) is 1. The van der Waals surface area contributed by atoms with Crippen LogP contribution in [0.1, 0.15) is 43.7 Å². The molecule has 1 aliphatic carbocycles. The van der Waals surface area contributed by atoms with Gasteiger partial charge in [-0.15, -0.1) is 0 Å². The van der Waals surface area contributed by atoms with Crippen LogP contribution in [-0.4, -0.2) is 63.9 Å². The van der Waals surface area contributed by atoms with Crippen molar-refractivity contribution in [2.24, 2.45) is 0 Å². The molecule has 0 bridgehead atoms. The molecule has 0 aromatic heterocycles. The van der Waals surface area contributed by atoms with Crippen molar-refractivity contribution in [3.8, 4) is 11.1 Å². The molecule has 2 atom stereocenters. The van der Waals surface area contributed by atoms with Gasteiger partial charge < -0.3 is 25.2 Å². The normalized spacial score (nSPS) is 19.7. The molecule has 0 saturated carbocycles. The number of aliphatic hydroxyl groups excluding tert-OH is 1. The standard InChI is InChI=1S/C25H28N2O6/c1-25(2,12-22(29)27-13-15(28)11-21(27)23(30)31)26-24(32)33-14-20-18-9-5-3-7-16(18)17-8-4-6-10-19(17)20/h3-10,15,20-21,28H,11-14H2,1-2H3,(H,26,32)(H,30,31)/t15-,21-/m0/s1. The van der Waals surface area contributed by atoms with E-state index in [9.17, 15) is 24.6 Å². The van der Waals surface area contributed by atoms with E-state index < -0.39 is 35.7 Å². The van der Waals surface area contributed by atoms with Gasteiger partial charge in [-0.05, 0) is 36.1 Å². The molecule has 8 nitrogen and oxygen atoms in total. The van der Waals surface area contributed by atoms with Crippen LogP contribution in [0.5, 0.6) is 0 Å². The number of alkyl carbamates (subject to hydrolysis) is 1. The summed E-state index contributed by atoms with van der Waals surface area (Å²) in [6.45, 7) is 3.48. The van der Waals surface area contributed by atoms with Crippen LogP contribution in [0, 0.1) is 0 Å². The second kappa shape index (κ2) is 8.86. The first-order valence-corrected chi connectivity index (χ1v) is 11.0. The SMILES string of the molecule is CC(C)(CC(=O)N1C[C@@H](O)C[C@H]1C(=O)O)NC(=O)OCC1c2ccccc2-c2ccccc21. The molecule has 3 N–H and O–H groups in total. The van der Waals surface area contributed by atoms with Gasteiger partial charge in [0.1, 0.15) is 12.6 Å². The summed E-state index contributed by atoms with van der Waals surface area (Å²) in [5, 5.41) is 21.8. The van der Waals surface area contributed by atoms with Gasteiger partial charge in [0.05, 0.1) is 6.10 Å². The fourth-order valence-electron chi connectivity index (χ4n) is 4.76. The van der Waals surface area contributed by atoms with E-state index in [4.69, 9.17) is 4.74 Å². The van der Waals surface area contributed by atoms with Gasteiger partial charge >= 0.3 is 12.1 Å². The number of carbonyl (C=O) groups is 3. The Morgan fingerprint density at radius 2 is 1.64 bits per heavy atom. The lowest BCUT2D eigenvalue weighted by Crippen LogP contribution is -2.49. The number of aliphatic carboxylic acids is 1. The average Bonchev–Trinajstić information content (AvgIpc) is 3.30. The number of aliphatic hydroxyl groups is 1. The van der Waals surface area contributed by atoms with Crippen molar-refractivity contribution >= 4 is 18.0 Å². The highest BCUT2D eigenvalue weighted by Gasteiger charge is 2.40. The van der Waals surface area contributed by atoms with Crippen LogP contribution < -0.4 is 5.32 Å². The van der Waals surface area contributed by atoms with Crippen molar-refractivity contribution < 1.29 is 29.3 Å². The van der Waals surface area contributed by atoms with Gasteiger partial charge in [0.2, 0.25) is 5.91 Å². The van der Waals surface area contributed by atoms with Gasteiger partial charge in [-0.3, -0.25) is 4.79 Å². The van der Waals surface area contributed by atoms with Crippen molar-refractivity contribution in [1.29, 1.82) is 0 Å². The van der Waals surface area contributed by atoms with Crippen LogP contribution in [0.2, 0.25) is 0 Å². The molecule has 0 radical (unpaired) electrons. The van der Waals surface area contributed by atoms with E-state index in [1.54, 1.807) is 13.8 Å². The predicted octanol–water partition coefficient (Wildman–Crippen LogP) is 2.74. The highest BCUT2D eigenvalue weighted by molar-refractivity contribution is 5.85. The number of carboxylic acid groups (broad SMARTS) is 1. The second-order valence-corrected chi connectivity index (χ2v) is 9.30. The summed E-state index contributed by atoms with van der Waals surface area (Å²) >= 11 is 0. The molecule has 2 aromatic rings. The highest BCUT2D eigenvalue weighted by Crippen LogP contribution is 2.44. The minimum absolute atomic E-state index is 0.00130. The van der Waals surface area contributed by atoms with E-state index in [0.29, 0.717) is 0 Å². The van der Waals surface area contributed by atoms with Crippen LogP contribution in [0.3, 0.4) is 0 Å². The Balaban J connectivity index is 1.37. The Labute approximate surface area is 192 Å². The number of nitrogens with one attached hydrogen (secondary N) is 1. The van der Waals surface area contributed by atoms with Gasteiger partial charge in [0.15, 0.2) is 0 Å². The molecule has 2 aliphatic rings. The molecule has 4 rings (SSSR count). The van der Waals surface area contributed by atoms with E-state index in [1.807, 2.05) is 36.4 Å². The predicted molar refractivity (Wildman–Crippen MR) is 121 cm³/mol. The highest BCUT2D eigenvalue weighted by atomic mass is 16.5. The first-order valence-electron chi connectivity index (χ1n) is 11.0.